The maximum atomic E-state index is 12.4. The lowest BCUT2D eigenvalue weighted by Crippen LogP contribution is -2.13. The molecule has 0 aromatic heterocycles. The lowest BCUT2D eigenvalue weighted by Gasteiger charge is -2.12. The molecule has 0 aliphatic rings. The number of amides is 1. The average Bonchev–Trinajstić information content (AvgIpc) is 2.83. The first-order chi connectivity index (χ1) is 15.9. The third-order valence-corrected chi connectivity index (χ3v) is 5.40. The molecule has 1 N–H and O–H groups in total. The van der Waals surface area contributed by atoms with Gasteiger partial charge in [-0.25, -0.2) is 4.79 Å². The van der Waals surface area contributed by atoms with Crippen LogP contribution < -0.4 is 14.8 Å². The number of methoxy groups -OCH3 is 2. The number of carbonyl (C=O) groups is 2. The van der Waals surface area contributed by atoms with E-state index in [-0.39, 0.29) is 11.5 Å². The second-order valence-corrected chi connectivity index (χ2v) is 8.05. The van der Waals surface area contributed by atoms with Gasteiger partial charge in [0.05, 0.1) is 25.5 Å². The van der Waals surface area contributed by atoms with Gasteiger partial charge in [0.1, 0.15) is 6.61 Å². The summed E-state index contributed by atoms with van der Waals surface area (Å²) in [6.07, 6.45) is 3.03. The second-order valence-electron chi connectivity index (χ2n) is 7.13. The van der Waals surface area contributed by atoms with Gasteiger partial charge in [0.15, 0.2) is 11.5 Å². The van der Waals surface area contributed by atoms with Crippen molar-refractivity contribution < 1.29 is 23.8 Å². The lowest BCUT2D eigenvalue weighted by atomic mass is 10.1. The molecule has 3 rings (SSSR count). The summed E-state index contributed by atoms with van der Waals surface area (Å²) in [7, 11) is 2.86. The molecule has 170 valence electrons. The van der Waals surface area contributed by atoms with E-state index in [1.54, 1.807) is 43.5 Å². The van der Waals surface area contributed by atoms with Gasteiger partial charge < -0.3 is 19.5 Å². The Morgan fingerprint density at radius 3 is 2.52 bits per heavy atom. The maximum absolute atomic E-state index is 12.4. The van der Waals surface area contributed by atoms with Crippen LogP contribution in [-0.2, 0) is 16.1 Å². The zero-order valence-corrected chi connectivity index (χ0v) is 20.1. The molecule has 0 saturated heterocycles. The molecule has 1 amide bonds. The molecule has 0 bridgehead atoms. The molecule has 3 aromatic carbocycles. The molecule has 0 saturated carbocycles. The summed E-state index contributed by atoms with van der Waals surface area (Å²) in [4.78, 5) is 24.4. The van der Waals surface area contributed by atoms with Crippen molar-refractivity contribution >= 4 is 39.6 Å². The highest BCUT2D eigenvalue weighted by Gasteiger charge is 2.14. The van der Waals surface area contributed by atoms with E-state index in [1.807, 2.05) is 37.3 Å². The van der Waals surface area contributed by atoms with Crippen molar-refractivity contribution in [2.24, 2.45) is 0 Å². The average molecular weight is 510 g/mol. The Morgan fingerprint density at radius 2 is 1.79 bits per heavy atom. The van der Waals surface area contributed by atoms with E-state index in [0.29, 0.717) is 28.3 Å². The van der Waals surface area contributed by atoms with Crippen molar-refractivity contribution in [2.45, 2.75) is 13.5 Å². The summed E-state index contributed by atoms with van der Waals surface area (Å²) in [6, 6.07) is 18.4. The van der Waals surface area contributed by atoms with Gasteiger partial charge in [-0.15, -0.1) is 0 Å². The van der Waals surface area contributed by atoms with Crippen LogP contribution in [0.4, 0.5) is 5.69 Å². The quantitative estimate of drug-likeness (QED) is 0.307. The van der Waals surface area contributed by atoms with Crippen LogP contribution in [0, 0.1) is 6.92 Å². The van der Waals surface area contributed by atoms with Gasteiger partial charge >= 0.3 is 5.97 Å². The first-order valence-electron chi connectivity index (χ1n) is 10.1. The summed E-state index contributed by atoms with van der Waals surface area (Å²) < 4.78 is 16.9. The van der Waals surface area contributed by atoms with Crippen LogP contribution in [-0.4, -0.2) is 26.1 Å². The Hall–Kier alpha value is -3.58. The van der Waals surface area contributed by atoms with Crippen molar-refractivity contribution in [3.05, 3.63) is 93.5 Å². The smallest absolute Gasteiger partial charge is 0.340 e. The number of anilines is 1. The number of halogens is 1. The fourth-order valence-electron chi connectivity index (χ4n) is 3.09. The number of aryl methyl sites for hydroxylation is 1. The van der Waals surface area contributed by atoms with E-state index in [0.717, 1.165) is 16.7 Å². The Labute approximate surface area is 201 Å². The Balaban J connectivity index is 1.69. The third-order valence-electron chi connectivity index (χ3n) is 4.90. The fraction of sp³-hybridized carbons (Fsp3) is 0.154. The highest BCUT2D eigenvalue weighted by Crippen LogP contribution is 2.29. The van der Waals surface area contributed by atoms with E-state index in [2.05, 4.69) is 21.2 Å². The van der Waals surface area contributed by atoms with E-state index in [4.69, 9.17) is 14.2 Å². The first kappa shape index (κ1) is 24.1. The molecule has 0 heterocycles. The van der Waals surface area contributed by atoms with Crippen LogP contribution in [0.2, 0.25) is 0 Å². The molecule has 0 aliphatic heterocycles. The van der Waals surface area contributed by atoms with Crippen LogP contribution in [0.1, 0.15) is 27.0 Å². The molecular weight excluding hydrogens is 486 g/mol. The Kier molecular flexibility index (Phi) is 8.27. The number of ether oxygens (including phenoxy) is 3. The first-order valence-corrected chi connectivity index (χ1v) is 10.9. The van der Waals surface area contributed by atoms with Crippen LogP contribution in [0.3, 0.4) is 0 Å². The molecular formula is C26H24BrNO5. The SMILES string of the molecule is COC(=O)c1cc(Br)ccc1NC(=O)/C=C/c1ccc(OCc2ccccc2C)c(OC)c1. The molecule has 6 nitrogen and oxygen atoms in total. The molecule has 33 heavy (non-hydrogen) atoms. The molecule has 0 spiro atoms. The lowest BCUT2D eigenvalue weighted by molar-refractivity contribution is -0.111. The Bertz CT molecular complexity index is 1190. The zero-order chi connectivity index (χ0) is 23.8. The summed E-state index contributed by atoms with van der Waals surface area (Å²) in [5.74, 6) is 0.245. The highest BCUT2D eigenvalue weighted by atomic mass is 79.9. The second kappa shape index (κ2) is 11.3. The van der Waals surface area contributed by atoms with E-state index in [9.17, 15) is 9.59 Å². The molecule has 0 aliphatic carbocycles. The van der Waals surface area contributed by atoms with Gasteiger partial charge in [0.2, 0.25) is 5.91 Å². The predicted molar refractivity (Wildman–Crippen MR) is 132 cm³/mol. The number of benzene rings is 3. The molecule has 0 radical (unpaired) electrons. The summed E-state index contributed by atoms with van der Waals surface area (Å²) >= 11 is 3.31. The zero-order valence-electron chi connectivity index (χ0n) is 18.6. The van der Waals surface area contributed by atoms with Gasteiger partial charge in [-0.2, -0.15) is 0 Å². The number of esters is 1. The molecule has 7 heteroatoms. The minimum Gasteiger partial charge on any atom is -0.493 e. The summed E-state index contributed by atoms with van der Waals surface area (Å²) in [5, 5.41) is 2.70. The monoisotopic (exact) mass is 509 g/mol. The molecule has 0 atom stereocenters. The van der Waals surface area contributed by atoms with Crippen molar-refractivity contribution in [1.82, 2.24) is 0 Å². The molecule has 3 aromatic rings. The number of nitrogens with one attached hydrogen (secondary N) is 1. The number of hydrogen-bond acceptors (Lipinski definition) is 5. The minimum absolute atomic E-state index is 0.255. The number of carbonyl (C=O) groups excluding carboxylic acids is 2. The van der Waals surface area contributed by atoms with Crippen molar-refractivity contribution in [2.75, 3.05) is 19.5 Å². The van der Waals surface area contributed by atoms with Gasteiger partial charge in [0, 0.05) is 10.5 Å². The third kappa shape index (κ3) is 6.46. The Morgan fingerprint density at radius 1 is 1.00 bits per heavy atom. The molecule has 0 unspecified atom stereocenters. The van der Waals surface area contributed by atoms with Gasteiger partial charge in [-0.1, -0.05) is 46.3 Å². The van der Waals surface area contributed by atoms with Gasteiger partial charge in [-0.3, -0.25) is 4.79 Å². The van der Waals surface area contributed by atoms with Crippen molar-refractivity contribution in [3.63, 3.8) is 0 Å². The summed E-state index contributed by atoms with van der Waals surface area (Å²) in [6.45, 7) is 2.47. The maximum Gasteiger partial charge on any atom is 0.340 e. The van der Waals surface area contributed by atoms with E-state index >= 15 is 0 Å². The predicted octanol–water partition coefficient (Wildman–Crippen LogP) is 5.78. The molecule has 0 fully saturated rings. The summed E-state index contributed by atoms with van der Waals surface area (Å²) in [5.41, 5.74) is 3.62. The van der Waals surface area contributed by atoms with Gasteiger partial charge in [0.25, 0.3) is 0 Å². The largest absolute Gasteiger partial charge is 0.493 e. The van der Waals surface area contributed by atoms with Gasteiger partial charge in [-0.05, 0) is 60.0 Å². The highest BCUT2D eigenvalue weighted by molar-refractivity contribution is 9.10. The van der Waals surface area contributed by atoms with Crippen LogP contribution >= 0.6 is 15.9 Å². The normalized spacial score (nSPS) is 10.7. The van der Waals surface area contributed by atoms with Crippen LogP contribution in [0.5, 0.6) is 11.5 Å². The topological polar surface area (TPSA) is 73.9 Å². The van der Waals surface area contributed by atoms with Crippen molar-refractivity contribution in [3.8, 4) is 11.5 Å². The van der Waals surface area contributed by atoms with Crippen LogP contribution in [0.25, 0.3) is 6.08 Å². The van der Waals surface area contributed by atoms with E-state index in [1.165, 1.54) is 13.2 Å². The number of rotatable bonds is 8. The van der Waals surface area contributed by atoms with Crippen molar-refractivity contribution in [1.29, 1.82) is 0 Å². The van der Waals surface area contributed by atoms with Crippen LogP contribution in [0.15, 0.2) is 71.2 Å². The standard InChI is InChI=1S/C26H24BrNO5/c1-17-6-4-5-7-19(17)16-33-23-12-8-18(14-24(23)31-2)9-13-25(29)28-22-11-10-20(27)15-21(22)26(30)32-3/h4-15H,16H2,1-3H3,(H,28,29)/b13-9+. The van der Waals surface area contributed by atoms with E-state index < -0.39 is 5.97 Å². The fourth-order valence-corrected chi connectivity index (χ4v) is 3.45. The minimum atomic E-state index is -0.540. The number of hydrogen-bond donors (Lipinski definition) is 1.